The van der Waals surface area contributed by atoms with Gasteiger partial charge in [0, 0.05) is 17.5 Å². The number of carbonyl (C=O) groups excluding carboxylic acids is 2. The summed E-state index contributed by atoms with van der Waals surface area (Å²) in [6.07, 6.45) is 1.59. The van der Waals surface area contributed by atoms with Gasteiger partial charge in [0.1, 0.15) is 5.82 Å². The highest BCUT2D eigenvalue weighted by Crippen LogP contribution is 2.46. The fourth-order valence-electron chi connectivity index (χ4n) is 3.57. The first-order valence-electron chi connectivity index (χ1n) is 8.16. The number of hydrogen-bond donors (Lipinski definition) is 1. The van der Waals surface area contributed by atoms with Crippen LogP contribution >= 0.6 is 0 Å². The third kappa shape index (κ3) is 3.60. The monoisotopic (exact) mass is 349 g/mol. The number of carbonyl (C=O) groups is 2. The molecule has 0 aromatic heterocycles. The zero-order valence-electron chi connectivity index (χ0n) is 14.0. The molecule has 25 heavy (non-hydrogen) atoms. The van der Waals surface area contributed by atoms with Crippen LogP contribution in [0.25, 0.3) is 0 Å². The molecule has 0 saturated heterocycles. The van der Waals surface area contributed by atoms with E-state index in [1.165, 1.54) is 37.6 Å². The van der Waals surface area contributed by atoms with Crippen LogP contribution in [0.3, 0.4) is 0 Å². The van der Waals surface area contributed by atoms with Crippen LogP contribution in [0.4, 0.5) is 14.9 Å². The number of halogens is 1. The van der Waals surface area contributed by atoms with Crippen LogP contribution in [0.5, 0.6) is 0 Å². The van der Waals surface area contributed by atoms with Crippen LogP contribution in [-0.4, -0.2) is 25.5 Å². The predicted octanol–water partition coefficient (Wildman–Crippen LogP) is 3.45. The average Bonchev–Trinajstić information content (AvgIpc) is 2.99. The molecule has 1 amide bonds. The zero-order chi connectivity index (χ0) is 18.0. The largest absolute Gasteiger partial charge is 0.466 e. The number of hydrogen-bond acceptors (Lipinski definition) is 5. The number of esters is 1. The van der Waals surface area contributed by atoms with Crippen LogP contribution in [0.15, 0.2) is 36.1 Å². The van der Waals surface area contributed by atoms with Gasteiger partial charge in [0.2, 0.25) is 6.29 Å². The van der Waals surface area contributed by atoms with Crippen LogP contribution in [0.1, 0.15) is 19.8 Å². The first-order chi connectivity index (χ1) is 12.0. The summed E-state index contributed by atoms with van der Waals surface area (Å²) < 4.78 is 28.6. The van der Waals surface area contributed by atoms with E-state index < -0.39 is 24.2 Å². The van der Waals surface area contributed by atoms with E-state index in [1.807, 2.05) is 6.92 Å². The van der Waals surface area contributed by atoms with Crippen molar-refractivity contribution in [1.82, 2.24) is 0 Å². The van der Waals surface area contributed by atoms with Gasteiger partial charge < -0.3 is 14.2 Å². The Morgan fingerprint density at radius 1 is 1.24 bits per heavy atom. The summed E-state index contributed by atoms with van der Waals surface area (Å²) >= 11 is 0. The molecule has 4 atom stereocenters. The Kier molecular flexibility index (Phi) is 4.92. The second-order valence-corrected chi connectivity index (χ2v) is 6.34. The quantitative estimate of drug-likeness (QED) is 0.846. The fraction of sp³-hybridized carbons (Fsp3) is 0.444. The number of ether oxygens (including phenoxy) is 3. The Labute approximate surface area is 144 Å². The van der Waals surface area contributed by atoms with Crippen molar-refractivity contribution in [3.05, 3.63) is 41.9 Å². The molecule has 0 radical (unpaired) electrons. The van der Waals surface area contributed by atoms with Crippen molar-refractivity contribution in [1.29, 1.82) is 0 Å². The molecule has 2 aliphatic rings. The van der Waals surface area contributed by atoms with E-state index in [0.29, 0.717) is 11.3 Å². The Balaban J connectivity index is 1.69. The topological polar surface area (TPSA) is 73.9 Å². The maximum Gasteiger partial charge on any atom is 0.414 e. The Morgan fingerprint density at radius 2 is 1.96 bits per heavy atom. The van der Waals surface area contributed by atoms with E-state index in [1.54, 1.807) is 0 Å². The van der Waals surface area contributed by atoms with Crippen molar-refractivity contribution in [2.24, 2.45) is 17.8 Å². The summed E-state index contributed by atoms with van der Waals surface area (Å²) in [5.41, 5.74) is 0.902. The van der Waals surface area contributed by atoms with Gasteiger partial charge in [0.05, 0.1) is 18.9 Å². The molecule has 1 heterocycles. The Morgan fingerprint density at radius 3 is 2.64 bits per heavy atom. The third-order valence-electron chi connectivity index (χ3n) is 4.83. The lowest BCUT2D eigenvalue weighted by Crippen LogP contribution is -2.39. The molecule has 1 saturated carbocycles. The molecular formula is C18H20FNO5. The smallest absolute Gasteiger partial charge is 0.414 e. The second-order valence-electron chi connectivity index (χ2n) is 6.34. The minimum absolute atomic E-state index is 0.0557. The van der Waals surface area contributed by atoms with Crippen molar-refractivity contribution in [2.75, 3.05) is 12.4 Å². The SMILES string of the molecule is COC(=O)C1=COC(OC(=O)Nc2ccc(F)cc2)C2C(C)CCC12. The summed E-state index contributed by atoms with van der Waals surface area (Å²) in [4.78, 5) is 24.0. The van der Waals surface area contributed by atoms with E-state index in [9.17, 15) is 14.0 Å². The molecule has 6 nitrogen and oxygen atoms in total. The average molecular weight is 349 g/mol. The molecular weight excluding hydrogens is 329 g/mol. The van der Waals surface area contributed by atoms with Crippen molar-refractivity contribution in [3.8, 4) is 0 Å². The van der Waals surface area contributed by atoms with E-state index in [4.69, 9.17) is 14.2 Å². The minimum atomic E-state index is -0.781. The summed E-state index contributed by atoms with van der Waals surface area (Å²) in [5, 5.41) is 2.54. The van der Waals surface area contributed by atoms with Crippen LogP contribution < -0.4 is 5.32 Å². The molecule has 1 N–H and O–H groups in total. The van der Waals surface area contributed by atoms with Crippen molar-refractivity contribution >= 4 is 17.7 Å². The molecule has 0 spiro atoms. The zero-order valence-corrected chi connectivity index (χ0v) is 14.0. The Bertz CT molecular complexity index is 687. The summed E-state index contributed by atoms with van der Waals surface area (Å²) in [5.74, 6) is -0.740. The number of anilines is 1. The molecule has 4 unspecified atom stereocenters. The molecule has 1 aromatic rings. The van der Waals surface area contributed by atoms with Gasteiger partial charge in [0.25, 0.3) is 0 Å². The molecule has 1 aliphatic carbocycles. The van der Waals surface area contributed by atoms with Gasteiger partial charge in [0.15, 0.2) is 0 Å². The van der Waals surface area contributed by atoms with Gasteiger partial charge in [-0.3, -0.25) is 5.32 Å². The molecule has 134 valence electrons. The van der Waals surface area contributed by atoms with Crippen molar-refractivity contribution < 1.29 is 28.2 Å². The van der Waals surface area contributed by atoms with Gasteiger partial charge in [-0.2, -0.15) is 0 Å². The van der Waals surface area contributed by atoms with Crippen LogP contribution in [0.2, 0.25) is 0 Å². The molecule has 1 fully saturated rings. The van der Waals surface area contributed by atoms with Gasteiger partial charge >= 0.3 is 12.1 Å². The molecule has 1 aromatic carbocycles. The lowest BCUT2D eigenvalue weighted by Gasteiger charge is -2.34. The van der Waals surface area contributed by atoms with Crippen LogP contribution in [-0.2, 0) is 19.0 Å². The lowest BCUT2D eigenvalue weighted by atomic mass is 9.83. The fourth-order valence-corrected chi connectivity index (χ4v) is 3.57. The van der Waals surface area contributed by atoms with Crippen LogP contribution in [0, 0.1) is 23.6 Å². The van der Waals surface area contributed by atoms with E-state index in [-0.39, 0.29) is 17.8 Å². The molecule has 3 rings (SSSR count). The number of methoxy groups -OCH3 is 1. The lowest BCUT2D eigenvalue weighted by molar-refractivity contribution is -0.144. The normalized spacial score (nSPS) is 27.6. The van der Waals surface area contributed by atoms with E-state index in [2.05, 4.69) is 5.32 Å². The van der Waals surface area contributed by atoms with Crippen molar-refractivity contribution in [3.63, 3.8) is 0 Å². The number of nitrogens with one attached hydrogen (secondary N) is 1. The third-order valence-corrected chi connectivity index (χ3v) is 4.83. The summed E-state index contributed by atoms with van der Waals surface area (Å²) in [7, 11) is 1.33. The summed E-state index contributed by atoms with van der Waals surface area (Å²) in [6.45, 7) is 2.04. The second kappa shape index (κ2) is 7.13. The number of fused-ring (bicyclic) bond motifs is 1. The number of amides is 1. The number of benzene rings is 1. The maximum atomic E-state index is 12.9. The highest BCUT2D eigenvalue weighted by atomic mass is 19.1. The van der Waals surface area contributed by atoms with Gasteiger partial charge in [-0.25, -0.2) is 14.0 Å². The summed E-state index contributed by atoms with van der Waals surface area (Å²) in [6, 6.07) is 5.36. The molecule has 0 bridgehead atoms. The first kappa shape index (κ1) is 17.3. The standard InChI is InChI=1S/C18H20FNO5/c1-10-3-8-13-14(16(21)23-2)9-24-17(15(10)13)25-18(22)20-12-6-4-11(19)5-7-12/h4-7,9-10,13,15,17H,3,8H2,1-2H3,(H,20,22). The van der Waals surface area contributed by atoms with Crippen molar-refractivity contribution in [2.45, 2.75) is 26.1 Å². The van der Waals surface area contributed by atoms with Gasteiger partial charge in [-0.05, 0) is 43.0 Å². The molecule has 1 aliphatic heterocycles. The van der Waals surface area contributed by atoms with E-state index >= 15 is 0 Å². The Hall–Kier alpha value is -2.57. The highest BCUT2D eigenvalue weighted by Gasteiger charge is 2.48. The minimum Gasteiger partial charge on any atom is -0.466 e. The maximum absolute atomic E-state index is 12.9. The van der Waals surface area contributed by atoms with Gasteiger partial charge in [-0.1, -0.05) is 6.92 Å². The highest BCUT2D eigenvalue weighted by molar-refractivity contribution is 5.89. The van der Waals surface area contributed by atoms with E-state index in [0.717, 1.165) is 12.8 Å². The first-order valence-corrected chi connectivity index (χ1v) is 8.16. The van der Waals surface area contributed by atoms with Gasteiger partial charge in [-0.15, -0.1) is 0 Å². The molecule has 7 heteroatoms. The predicted molar refractivity (Wildman–Crippen MR) is 86.9 cm³/mol. The number of rotatable bonds is 3.